The molecule has 0 amide bonds. The van der Waals surface area contributed by atoms with Crippen molar-refractivity contribution in [3.63, 3.8) is 0 Å². The summed E-state index contributed by atoms with van der Waals surface area (Å²) in [5, 5.41) is 11.0. The van der Waals surface area contributed by atoms with Gasteiger partial charge in [0.1, 0.15) is 0 Å². The van der Waals surface area contributed by atoms with E-state index in [1.807, 2.05) is 22.9 Å². The van der Waals surface area contributed by atoms with Crippen molar-refractivity contribution >= 4 is 54.2 Å². The number of thiophene rings is 3. The van der Waals surface area contributed by atoms with Crippen LogP contribution in [0.25, 0.3) is 20.2 Å². The van der Waals surface area contributed by atoms with E-state index in [0.29, 0.717) is 0 Å². The summed E-state index contributed by atoms with van der Waals surface area (Å²) in [6.45, 7) is 0. The lowest BCUT2D eigenvalue weighted by atomic mass is 10.3. The second-order valence-electron chi connectivity index (χ2n) is 4.71. The highest BCUT2D eigenvalue weighted by Gasteiger charge is 1.88. The number of fused-ring (bicyclic) bond motifs is 2. The normalized spacial score (nSPS) is 9.74. The Morgan fingerprint density at radius 1 is 0.435 bits per heavy atom. The van der Waals surface area contributed by atoms with Crippen LogP contribution in [0.15, 0.2) is 94.3 Å². The van der Waals surface area contributed by atoms with E-state index in [1.165, 1.54) is 20.2 Å². The Kier molecular flexibility index (Phi) is 5.98. The third-order valence-corrected chi connectivity index (χ3v) is 5.57. The van der Waals surface area contributed by atoms with E-state index >= 15 is 0 Å². The molecule has 0 spiro atoms. The molecule has 5 aromatic rings. The number of rotatable bonds is 0. The van der Waals surface area contributed by atoms with Gasteiger partial charge in [-0.3, -0.25) is 0 Å². The van der Waals surface area contributed by atoms with Crippen LogP contribution in [-0.4, -0.2) is 0 Å². The lowest BCUT2D eigenvalue weighted by Crippen LogP contribution is -1.56. The second kappa shape index (κ2) is 8.63. The van der Waals surface area contributed by atoms with Crippen LogP contribution in [0.3, 0.4) is 0 Å². The second-order valence-corrected chi connectivity index (χ2v) is 7.42. The molecule has 2 aromatic carbocycles. The van der Waals surface area contributed by atoms with E-state index in [4.69, 9.17) is 0 Å². The molecular weight excluding hydrogens is 336 g/mol. The maximum Gasteiger partial charge on any atom is 0.0342 e. The first-order valence-electron chi connectivity index (χ1n) is 7.25. The first-order valence-corrected chi connectivity index (χ1v) is 9.95. The van der Waals surface area contributed by atoms with Gasteiger partial charge in [0, 0.05) is 9.40 Å². The van der Waals surface area contributed by atoms with Gasteiger partial charge >= 0.3 is 0 Å². The molecule has 0 fully saturated rings. The standard InChI is InChI=1S/2C8H6S.C4H4S/c2*1-2-4-8-7(3-1)5-6-9-8;1-2-4-5-3-1/h2*1-6H;1-4H. The summed E-state index contributed by atoms with van der Waals surface area (Å²) in [4.78, 5) is 0. The van der Waals surface area contributed by atoms with Crippen LogP contribution in [0.1, 0.15) is 0 Å². The Morgan fingerprint density at radius 2 is 0.913 bits per heavy atom. The Bertz CT molecular complexity index is 786. The molecule has 0 unspecified atom stereocenters. The number of hydrogen-bond donors (Lipinski definition) is 0. The Hall–Kier alpha value is -1.94. The first kappa shape index (κ1) is 15.9. The summed E-state index contributed by atoms with van der Waals surface area (Å²) in [6.07, 6.45) is 0. The molecule has 0 saturated carbocycles. The summed E-state index contributed by atoms with van der Waals surface area (Å²) in [6, 6.07) is 25.1. The molecule has 0 atom stereocenters. The van der Waals surface area contributed by atoms with Crippen molar-refractivity contribution in [2.75, 3.05) is 0 Å². The third-order valence-electron chi connectivity index (χ3n) is 3.15. The highest BCUT2D eigenvalue weighted by molar-refractivity contribution is 7.17. The van der Waals surface area contributed by atoms with Gasteiger partial charge in [-0.05, 0) is 56.6 Å². The minimum absolute atomic E-state index is 1.35. The van der Waals surface area contributed by atoms with Crippen LogP contribution in [-0.2, 0) is 0 Å². The van der Waals surface area contributed by atoms with Crippen LogP contribution in [0, 0.1) is 0 Å². The fourth-order valence-corrected chi connectivity index (χ4v) is 4.07. The summed E-state index contributed by atoms with van der Waals surface area (Å²) >= 11 is 5.29. The number of benzene rings is 2. The fraction of sp³-hybridized carbons (Fsp3) is 0. The topological polar surface area (TPSA) is 0 Å². The van der Waals surface area contributed by atoms with Crippen molar-refractivity contribution in [3.05, 3.63) is 94.3 Å². The van der Waals surface area contributed by atoms with E-state index in [0.717, 1.165) is 0 Å². The Morgan fingerprint density at radius 3 is 1.30 bits per heavy atom. The minimum atomic E-state index is 1.35. The molecule has 3 heterocycles. The van der Waals surface area contributed by atoms with Crippen molar-refractivity contribution in [3.8, 4) is 0 Å². The van der Waals surface area contributed by atoms with Gasteiger partial charge in [-0.15, -0.1) is 22.7 Å². The number of hydrogen-bond acceptors (Lipinski definition) is 3. The molecule has 5 rings (SSSR count). The molecule has 0 radical (unpaired) electrons. The lowest BCUT2D eigenvalue weighted by molar-refractivity contribution is 1.86. The van der Waals surface area contributed by atoms with Gasteiger partial charge in [0.25, 0.3) is 0 Å². The zero-order chi connectivity index (χ0) is 15.7. The molecule has 0 N–H and O–H groups in total. The van der Waals surface area contributed by atoms with Crippen molar-refractivity contribution in [2.24, 2.45) is 0 Å². The van der Waals surface area contributed by atoms with E-state index < -0.39 is 0 Å². The van der Waals surface area contributed by atoms with E-state index in [1.54, 1.807) is 34.0 Å². The molecule has 0 bridgehead atoms. The van der Waals surface area contributed by atoms with Crippen molar-refractivity contribution < 1.29 is 0 Å². The van der Waals surface area contributed by atoms with Crippen LogP contribution in [0.5, 0.6) is 0 Å². The predicted octanol–water partition coefficient (Wildman–Crippen LogP) is 7.55. The SMILES string of the molecule is c1ccc2sccc2c1.c1ccc2sccc2c1.c1ccsc1. The van der Waals surface area contributed by atoms with Crippen molar-refractivity contribution in [1.29, 1.82) is 0 Å². The molecule has 3 heteroatoms. The van der Waals surface area contributed by atoms with Gasteiger partial charge < -0.3 is 0 Å². The average Bonchev–Trinajstić information content (AvgIpc) is 3.37. The molecule has 0 aliphatic carbocycles. The highest BCUT2D eigenvalue weighted by Crippen LogP contribution is 2.19. The van der Waals surface area contributed by atoms with E-state index in [9.17, 15) is 0 Å². The largest absolute Gasteiger partial charge is 0.152 e. The minimum Gasteiger partial charge on any atom is -0.152 e. The zero-order valence-electron chi connectivity index (χ0n) is 12.5. The molecule has 23 heavy (non-hydrogen) atoms. The maximum atomic E-state index is 2.14. The summed E-state index contributed by atoms with van der Waals surface area (Å²) < 4.78 is 2.75. The van der Waals surface area contributed by atoms with Crippen LogP contribution < -0.4 is 0 Å². The van der Waals surface area contributed by atoms with Gasteiger partial charge in [0.05, 0.1) is 0 Å². The van der Waals surface area contributed by atoms with Crippen molar-refractivity contribution in [2.45, 2.75) is 0 Å². The lowest BCUT2D eigenvalue weighted by Gasteiger charge is -1.82. The summed E-state index contributed by atoms with van der Waals surface area (Å²) in [5.41, 5.74) is 0. The summed E-state index contributed by atoms with van der Waals surface area (Å²) in [5.74, 6) is 0. The van der Waals surface area contributed by atoms with Gasteiger partial charge in [-0.25, -0.2) is 0 Å². The maximum absolute atomic E-state index is 2.14. The fourth-order valence-electron chi connectivity index (χ4n) is 2.04. The quantitative estimate of drug-likeness (QED) is 0.270. The Balaban J connectivity index is 0.000000107. The van der Waals surface area contributed by atoms with Gasteiger partial charge in [-0.1, -0.05) is 48.5 Å². The van der Waals surface area contributed by atoms with E-state index in [-0.39, 0.29) is 0 Å². The highest BCUT2D eigenvalue weighted by atomic mass is 32.1. The van der Waals surface area contributed by atoms with Crippen molar-refractivity contribution in [1.82, 2.24) is 0 Å². The van der Waals surface area contributed by atoms with Gasteiger partial charge in [-0.2, -0.15) is 11.3 Å². The van der Waals surface area contributed by atoms with Crippen LogP contribution >= 0.6 is 34.0 Å². The van der Waals surface area contributed by atoms with E-state index in [2.05, 4.69) is 71.4 Å². The molecular formula is C20H16S3. The Labute approximate surface area is 148 Å². The van der Waals surface area contributed by atoms with Crippen LogP contribution in [0.4, 0.5) is 0 Å². The third kappa shape index (κ3) is 4.76. The predicted molar refractivity (Wildman–Crippen MR) is 108 cm³/mol. The van der Waals surface area contributed by atoms with Gasteiger partial charge in [0.2, 0.25) is 0 Å². The van der Waals surface area contributed by atoms with Crippen LogP contribution in [0.2, 0.25) is 0 Å². The monoisotopic (exact) mass is 352 g/mol. The first-order chi connectivity index (χ1) is 11.4. The molecule has 0 aliphatic rings. The molecule has 3 aromatic heterocycles. The molecule has 0 nitrogen and oxygen atoms in total. The zero-order valence-corrected chi connectivity index (χ0v) is 14.9. The molecule has 114 valence electrons. The summed E-state index contributed by atoms with van der Waals surface area (Å²) in [7, 11) is 0. The van der Waals surface area contributed by atoms with Gasteiger partial charge in [0.15, 0.2) is 0 Å². The molecule has 0 saturated heterocycles. The smallest absolute Gasteiger partial charge is 0.0342 e. The average molecular weight is 353 g/mol. The molecule has 0 aliphatic heterocycles.